The third-order valence-electron chi connectivity index (χ3n) is 8.12. The molecular formula is C36H25N3OS. The Morgan fingerprint density at radius 1 is 0.610 bits per heavy atom. The predicted octanol–water partition coefficient (Wildman–Crippen LogP) is 9.67. The highest BCUT2D eigenvalue weighted by Crippen LogP contribution is 2.53. The molecule has 0 amide bonds. The zero-order chi connectivity index (χ0) is 27.6. The van der Waals surface area contributed by atoms with Crippen LogP contribution in [0.2, 0.25) is 0 Å². The third kappa shape index (κ3) is 3.85. The molecule has 0 saturated heterocycles. The summed E-state index contributed by atoms with van der Waals surface area (Å²) in [7, 11) is 0. The number of benzene rings is 5. The minimum absolute atomic E-state index is 0.206. The van der Waals surface area contributed by atoms with E-state index in [4.69, 9.17) is 9.72 Å². The highest BCUT2D eigenvalue weighted by molar-refractivity contribution is 7.26. The molecule has 0 atom stereocenters. The lowest BCUT2D eigenvalue weighted by atomic mass is 9.75. The van der Waals surface area contributed by atoms with Crippen LogP contribution in [0.25, 0.3) is 54.1 Å². The van der Waals surface area contributed by atoms with E-state index < -0.39 is 0 Å². The van der Waals surface area contributed by atoms with Crippen molar-refractivity contribution in [1.29, 1.82) is 0 Å². The highest BCUT2D eigenvalue weighted by atomic mass is 32.1. The Morgan fingerprint density at radius 3 is 2.10 bits per heavy atom. The molecule has 196 valence electrons. The Labute approximate surface area is 242 Å². The van der Waals surface area contributed by atoms with Crippen LogP contribution in [0.4, 0.5) is 0 Å². The van der Waals surface area contributed by atoms with Crippen LogP contribution in [0.1, 0.15) is 25.0 Å². The van der Waals surface area contributed by atoms with Gasteiger partial charge in [0, 0.05) is 43.1 Å². The topological polar surface area (TPSA) is 47.9 Å². The zero-order valence-corrected chi connectivity index (χ0v) is 23.4. The normalized spacial score (nSPS) is 13.5. The third-order valence-corrected chi connectivity index (χ3v) is 9.31. The second-order valence-corrected chi connectivity index (χ2v) is 12.0. The maximum atomic E-state index is 6.66. The van der Waals surface area contributed by atoms with Gasteiger partial charge in [-0.1, -0.05) is 105 Å². The Bertz CT molecular complexity index is 2100. The summed E-state index contributed by atoms with van der Waals surface area (Å²) in [6, 6.07) is 38.0. The molecule has 1 aliphatic rings. The van der Waals surface area contributed by atoms with Gasteiger partial charge >= 0.3 is 0 Å². The lowest BCUT2D eigenvalue weighted by molar-refractivity contribution is 0.424. The minimum atomic E-state index is -0.206. The van der Waals surface area contributed by atoms with E-state index >= 15 is 0 Å². The van der Waals surface area contributed by atoms with Crippen molar-refractivity contribution in [2.75, 3.05) is 0 Å². The van der Waals surface area contributed by atoms with Crippen LogP contribution in [0.5, 0.6) is 11.5 Å². The van der Waals surface area contributed by atoms with Gasteiger partial charge in [0.15, 0.2) is 11.6 Å². The van der Waals surface area contributed by atoms with E-state index in [2.05, 4.69) is 103 Å². The molecule has 0 N–H and O–H groups in total. The summed E-state index contributed by atoms with van der Waals surface area (Å²) in [6.07, 6.45) is 1.58. The van der Waals surface area contributed by atoms with Crippen molar-refractivity contribution < 1.29 is 4.74 Å². The van der Waals surface area contributed by atoms with Gasteiger partial charge in [-0.05, 0) is 29.3 Å². The molecule has 5 heteroatoms. The van der Waals surface area contributed by atoms with E-state index in [1.807, 2.05) is 41.7 Å². The number of rotatable bonds is 3. The van der Waals surface area contributed by atoms with E-state index in [1.165, 1.54) is 31.3 Å². The van der Waals surface area contributed by atoms with Gasteiger partial charge in [-0.15, -0.1) is 11.3 Å². The molecule has 8 rings (SSSR count). The van der Waals surface area contributed by atoms with Crippen LogP contribution in [0.15, 0.2) is 116 Å². The molecule has 41 heavy (non-hydrogen) atoms. The summed E-state index contributed by atoms with van der Waals surface area (Å²) < 4.78 is 9.17. The molecule has 0 unspecified atom stereocenters. The standard InChI is InChI=1S/C36H25N3OS/c1-36(2)28-18-17-27-26-10-6-7-11-31(26)41-33(27)32(28)40-30-19-16-25(20-29(30)36)22-12-14-24(15-13-22)35-38-21-37-34(39-35)23-8-4-3-5-9-23/h3-21H,1-2H3. The minimum Gasteiger partial charge on any atom is -0.455 e. The molecule has 1 aliphatic heterocycles. The second-order valence-electron chi connectivity index (χ2n) is 10.9. The summed E-state index contributed by atoms with van der Waals surface area (Å²) in [4.78, 5) is 13.5. The first-order valence-electron chi connectivity index (χ1n) is 13.7. The molecule has 0 spiro atoms. The first-order valence-corrected chi connectivity index (χ1v) is 14.5. The number of ether oxygens (including phenoxy) is 1. The SMILES string of the molecule is CC1(C)c2cc(-c3ccc(-c4ncnc(-c5ccccc5)n4)cc3)ccc2Oc2c1ccc1c2sc2ccccc21. The van der Waals surface area contributed by atoms with Gasteiger partial charge in [-0.2, -0.15) is 0 Å². The fourth-order valence-electron chi connectivity index (χ4n) is 5.87. The average molecular weight is 548 g/mol. The maximum Gasteiger partial charge on any atom is 0.163 e. The Hall–Kier alpha value is -4.87. The van der Waals surface area contributed by atoms with Crippen LogP contribution < -0.4 is 4.74 Å². The van der Waals surface area contributed by atoms with Gasteiger partial charge in [0.1, 0.15) is 17.8 Å². The number of hydrogen-bond donors (Lipinski definition) is 0. The Morgan fingerprint density at radius 2 is 1.29 bits per heavy atom. The van der Waals surface area contributed by atoms with E-state index in [-0.39, 0.29) is 5.41 Å². The van der Waals surface area contributed by atoms with Crippen LogP contribution in [-0.2, 0) is 5.41 Å². The van der Waals surface area contributed by atoms with Crippen LogP contribution in [0, 0.1) is 0 Å². The number of nitrogens with zero attached hydrogens (tertiary/aromatic N) is 3. The molecule has 2 aromatic heterocycles. The van der Waals surface area contributed by atoms with Gasteiger partial charge in [-0.25, -0.2) is 15.0 Å². The molecule has 0 aliphatic carbocycles. The van der Waals surface area contributed by atoms with Crippen LogP contribution in [0.3, 0.4) is 0 Å². The van der Waals surface area contributed by atoms with Crippen molar-refractivity contribution in [3.63, 3.8) is 0 Å². The summed E-state index contributed by atoms with van der Waals surface area (Å²) in [6.45, 7) is 4.59. The van der Waals surface area contributed by atoms with E-state index in [0.29, 0.717) is 11.6 Å². The summed E-state index contributed by atoms with van der Waals surface area (Å²) in [5.74, 6) is 3.25. The van der Waals surface area contributed by atoms with Crippen molar-refractivity contribution in [2.24, 2.45) is 0 Å². The maximum absolute atomic E-state index is 6.66. The van der Waals surface area contributed by atoms with Crippen LogP contribution >= 0.6 is 11.3 Å². The van der Waals surface area contributed by atoms with Gasteiger partial charge in [0.2, 0.25) is 0 Å². The Kier molecular flexibility index (Phi) is 5.31. The van der Waals surface area contributed by atoms with E-state index in [1.54, 1.807) is 6.33 Å². The summed E-state index contributed by atoms with van der Waals surface area (Å²) >= 11 is 1.81. The Balaban J connectivity index is 1.14. The smallest absolute Gasteiger partial charge is 0.163 e. The fraction of sp³-hybridized carbons (Fsp3) is 0.0833. The van der Waals surface area contributed by atoms with E-state index in [0.717, 1.165) is 33.8 Å². The molecule has 0 radical (unpaired) electrons. The number of hydrogen-bond acceptors (Lipinski definition) is 5. The number of aromatic nitrogens is 3. The van der Waals surface area contributed by atoms with Crippen LogP contribution in [-0.4, -0.2) is 15.0 Å². The first kappa shape index (κ1) is 24.0. The van der Waals surface area contributed by atoms with Crippen molar-refractivity contribution >= 4 is 31.5 Å². The largest absolute Gasteiger partial charge is 0.455 e. The average Bonchev–Trinajstić information content (AvgIpc) is 3.41. The molecule has 0 bridgehead atoms. The van der Waals surface area contributed by atoms with Crippen molar-refractivity contribution in [3.05, 3.63) is 127 Å². The van der Waals surface area contributed by atoms with E-state index in [9.17, 15) is 0 Å². The molecule has 5 aromatic carbocycles. The van der Waals surface area contributed by atoms with Gasteiger partial charge in [-0.3, -0.25) is 0 Å². The first-order chi connectivity index (χ1) is 20.1. The fourth-order valence-corrected chi connectivity index (χ4v) is 7.06. The highest BCUT2D eigenvalue weighted by Gasteiger charge is 2.36. The quantitative estimate of drug-likeness (QED) is 0.221. The molecule has 0 saturated carbocycles. The number of thiophene rings is 1. The molecule has 3 heterocycles. The van der Waals surface area contributed by atoms with Gasteiger partial charge < -0.3 is 4.74 Å². The van der Waals surface area contributed by atoms with Gasteiger partial charge in [0.05, 0.1) is 4.70 Å². The summed E-state index contributed by atoms with van der Waals surface area (Å²) in [5.41, 5.74) is 6.42. The molecular weight excluding hydrogens is 522 g/mol. The lowest BCUT2D eigenvalue weighted by Gasteiger charge is -2.35. The van der Waals surface area contributed by atoms with Crippen molar-refractivity contribution in [3.8, 4) is 45.4 Å². The molecule has 0 fully saturated rings. The molecule has 4 nitrogen and oxygen atoms in total. The summed E-state index contributed by atoms with van der Waals surface area (Å²) in [5, 5.41) is 2.55. The van der Waals surface area contributed by atoms with Crippen molar-refractivity contribution in [2.45, 2.75) is 19.3 Å². The second kappa shape index (κ2) is 9.08. The van der Waals surface area contributed by atoms with Gasteiger partial charge in [0.25, 0.3) is 0 Å². The zero-order valence-electron chi connectivity index (χ0n) is 22.6. The monoisotopic (exact) mass is 547 g/mol. The van der Waals surface area contributed by atoms with Crippen molar-refractivity contribution in [1.82, 2.24) is 15.0 Å². The molecule has 7 aromatic rings. The predicted molar refractivity (Wildman–Crippen MR) is 168 cm³/mol. The lowest BCUT2D eigenvalue weighted by Crippen LogP contribution is -2.24. The number of fused-ring (bicyclic) bond motifs is 6.